The van der Waals surface area contributed by atoms with E-state index >= 15 is 0 Å². The monoisotopic (exact) mass is 557 g/mol. The number of hydrogen-bond acceptors (Lipinski definition) is 9. The minimum Gasteiger partial charge on any atom is -0.507 e. The zero-order valence-corrected chi connectivity index (χ0v) is 22.9. The molecule has 4 aromatic rings. The van der Waals surface area contributed by atoms with Crippen LogP contribution in [0.1, 0.15) is 40.2 Å². The van der Waals surface area contributed by atoms with Crippen LogP contribution in [0.3, 0.4) is 0 Å². The zero-order valence-electron chi connectivity index (χ0n) is 22.1. The summed E-state index contributed by atoms with van der Waals surface area (Å²) in [4.78, 5) is 27.9. The number of rotatable bonds is 8. The summed E-state index contributed by atoms with van der Waals surface area (Å²) in [5, 5.41) is 30.5. The quantitative estimate of drug-likeness (QED) is 0.166. The molecule has 10 heteroatoms. The Kier molecular flexibility index (Phi) is 7.52. The molecular formula is C30H27N3O6S. The second-order valence-electron chi connectivity index (χ2n) is 9.24. The van der Waals surface area contributed by atoms with Crippen molar-refractivity contribution in [3.8, 4) is 17.2 Å². The van der Waals surface area contributed by atoms with Crippen molar-refractivity contribution in [1.82, 2.24) is 10.2 Å². The van der Waals surface area contributed by atoms with Gasteiger partial charge in [0, 0.05) is 5.56 Å². The van der Waals surface area contributed by atoms with Crippen molar-refractivity contribution in [2.75, 3.05) is 11.5 Å². The maximum absolute atomic E-state index is 13.4. The van der Waals surface area contributed by atoms with Crippen LogP contribution in [-0.2, 0) is 16.2 Å². The zero-order chi connectivity index (χ0) is 28.4. The number of ether oxygens (including phenoxy) is 2. The van der Waals surface area contributed by atoms with Gasteiger partial charge in [0.1, 0.15) is 23.1 Å². The second kappa shape index (κ2) is 11.2. The molecule has 1 amide bonds. The van der Waals surface area contributed by atoms with Crippen molar-refractivity contribution in [3.05, 3.63) is 99.6 Å². The van der Waals surface area contributed by atoms with Crippen LogP contribution in [0.5, 0.6) is 17.2 Å². The fourth-order valence-electron chi connectivity index (χ4n) is 4.53. The Morgan fingerprint density at radius 1 is 1.00 bits per heavy atom. The molecular weight excluding hydrogens is 530 g/mol. The van der Waals surface area contributed by atoms with Gasteiger partial charge in [0.2, 0.25) is 5.13 Å². The first-order chi connectivity index (χ1) is 19.3. The van der Waals surface area contributed by atoms with Gasteiger partial charge in [-0.25, -0.2) is 0 Å². The molecule has 9 nitrogen and oxygen atoms in total. The van der Waals surface area contributed by atoms with E-state index in [0.29, 0.717) is 35.1 Å². The molecule has 1 atom stereocenters. The number of amides is 1. The van der Waals surface area contributed by atoms with Gasteiger partial charge in [-0.3, -0.25) is 14.5 Å². The van der Waals surface area contributed by atoms with Gasteiger partial charge in [0.05, 0.1) is 18.2 Å². The topological polar surface area (TPSA) is 122 Å². The van der Waals surface area contributed by atoms with Gasteiger partial charge in [0.25, 0.3) is 5.78 Å². The Hall–Kier alpha value is -4.70. The van der Waals surface area contributed by atoms with Gasteiger partial charge in [0.15, 0.2) is 11.5 Å². The molecule has 0 bridgehead atoms. The van der Waals surface area contributed by atoms with Crippen LogP contribution in [0.2, 0.25) is 0 Å². The van der Waals surface area contributed by atoms with Gasteiger partial charge in [-0.15, -0.1) is 10.2 Å². The second-order valence-corrected chi connectivity index (χ2v) is 10.4. The SMILES string of the molecule is CCOc1cc([C@@H]2C(=C(O)c3ccc(OCc4cccc(C)c4)cc3)C(=O)C(=O)N2c2nnc(C)s2)ccc1O. The summed E-state index contributed by atoms with van der Waals surface area (Å²) >= 11 is 1.15. The Labute approximate surface area is 235 Å². The van der Waals surface area contributed by atoms with Crippen molar-refractivity contribution in [2.24, 2.45) is 0 Å². The number of anilines is 1. The van der Waals surface area contributed by atoms with E-state index in [2.05, 4.69) is 10.2 Å². The molecule has 0 radical (unpaired) electrons. The summed E-state index contributed by atoms with van der Waals surface area (Å²) in [7, 11) is 0. The van der Waals surface area contributed by atoms with E-state index in [4.69, 9.17) is 9.47 Å². The van der Waals surface area contributed by atoms with Gasteiger partial charge < -0.3 is 19.7 Å². The minimum atomic E-state index is -1.02. The molecule has 5 rings (SSSR count). The molecule has 0 aliphatic carbocycles. The van der Waals surface area contributed by atoms with E-state index < -0.39 is 17.7 Å². The third-order valence-electron chi connectivity index (χ3n) is 6.38. The van der Waals surface area contributed by atoms with E-state index in [1.54, 1.807) is 50.2 Å². The summed E-state index contributed by atoms with van der Waals surface area (Å²) in [6, 6.07) is 18.2. The summed E-state index contributed by atoms with van der Waals surface area (Å²) in [6.07, 6.45) is 0. The molecule has 1 aliphatic heterocycles. The third kappa shape index (κ3) is 5.26. The van der Waals surface area contributed by atoms with Crippen LogP contribution in [0.25, 0.3) is 5.76 Å². The van der Waals surface area contributed by atoms with Crippen LogP contribution < -0.4 is 14.4 Å². The van der Waals surface area contributed by atoms with E-state index in [1.165, 1.54) is 11.0 Å². The van der Waals surface area contributed by atoms with Crippen LogP contribution in [-0.4, -0.2) is 38.7 Å². The lowest BCUT2D eigenvalue weighted by Crippen LogP contribution is -2.29. The van der Waals surface area contributed by atoms with Crippen LogP contribution >= 0.6 is 11.3 Å². The normalized spacial score (nSPS) is 16.4. The number of carbonyl (C=O) groups is 2. The molecule has 0 unspecified atom stereocenters. The molecule has 2 N–H and O–H groups in total. The number of phenols is 1. The average Bonchev–Trinajstić information content (AvgIpc) is 3.48. The number of phenolic OH excluding ortho intramolecular Hbond substituents is 1. The summed E-state index contributed by atoms with van der Waals surface area (Å²) < 4.78 is 11.4. The molecule has 204 valence electrons. The number of aromatic nitrogens is 2. The van der Waals surface area contributed by atoms with Crippen molar-refractivity contribution < 1.29 is 29.3 Å². The van der Waals surface area contributed by atoms with E-state index in [1.807, 2.05) is 31.2 Å². The Bertz CT molecular complexity index is 1610. The fraction of sp³-hybridized carbons (Fsp3) is 0.200. The molecule has 3 aromatic carbocycles. The first-order valence-electron chi connectivity index (χ1n) is 12.6. The molecule has 0 spiro atoms. The maximum Gasteiger partial charge on any atom is 0.301 e. The molecule has 1 aliphatic rings. The number of ketones is 1. The highest BCUT2D eigenvalue weighted by molar-refractivity contribution is 7.15. The Morgan fingerprint density at radius 3 is 2.45 bits per heavy atom. The first-order valence-corrected chi connectivity index (χ1v) is 13.4. The number of carbonyl (C=O) groups excluding carboxylic acids is 2. The van der Waals surface area contributed by atoms with Crippen molar-refractivity contribution in [2.45, 2.75) is 33.4 Å². The Balaban J connectivity index is 1.53. The minimum absolute atomic E-state index is 0.0874. The van der Waals surface area contributed by atoms with Gasteiger partial charge in [-0.1, -0.05) is 47.2 Å². The molecule has 2 heterocycles. The van der Waals surface area contributed by atoms with Crippen molar-refractivity contribution >= 4 is 33.9 Å². The predicted molar refractivity (Wildman–Crippen MR) is 151 cm³/mol. The van der Waals surface area contributed by atoms with E-state index in [9.17, 15) is 19.8 Å². The summed E-state index contributed by atoms with van der Waals surface area (Å²) in [5.74, 6) is -1.36. The van der Waals surface area contributed by atoms with E-state index in [-0.39, 0.29) is 28.0 Å². The highest BCUT2D eigenvalue weighted by Crippen LogP contribution is 2.44. The van der Waals surface area contributed by atoms with Crippen LogP contribution in [0, 0.1) is 13.8 Å². The lowest BCUT2D eigenvalue weighted by atomic mass is 9.95. The molecule has 1 saturated heterocycles. The number of benzene rings is 3. The summed E-state index contributed by atoms with van der Waals surface area (Å²) in [6.45, 7) is 6.20. The maximum atomic E-state index is 13.4. The largest absolute Gasteiger partial charge is 0.507 e. The average molecular weight is 558 g/mol. The lowest BCUT2D eigenvalue weighted by Gasteiger charge is -2.23. The molecule has 40 heavy (non-hydrogen) atoms. The summed E-state index contributed by atoms with van der Waals surface area (Å²) in [5.41, 5.74) is 2.84. The third-order valence-corrected chi connectivity index (χ3v) is 7.22. The predicted octanol–water partition coefficient (Wildman–Crippen LogP) is 5.46. The lowest BCUT2D eigenvalue weighted by molar-refractivity contribution is -0.132. The van der Waals surface area contributed by atoms with Crippen LogP contribution in [0.15, 0.2) is 72.3 Å². The van der Waals surface area contributed by atoms with Crippen LogP contribution in [0.4, 0.5) is 5.13 Å². The molecule has 1 aromatic heterocycles. The standard InChI is InChI=1S/C30H27N3O6S/c1-4-38-24-15-21(10-13-23(24)34)26-25(28(36)29(37)33(26)30-32-31-18(3)40-30)27(35)20-8-11-22(12-9-20)39-16-19-7-5-6-17(2)14-19/h5-15,26,34-35H,4,16H2,1-3H3/t26-/m1/s1. The van der Waals surface area contributed by atoms with Gasteiger partial charge in [-0.2, -0.15) is 0 Å². The number of aliphatic hydroxyl groups excluding tert-OH is 1. The number of hydrogen-bond donors (Lipinski definition) is 2. The smallest absolute Gasteiger partial charge is 0.301 e. The van der Waals surface area contributed by atoms with E-state index in [0.717, 1.165) is 22.5 Å². The van der Waals surface area contributed by atoms with Gasteiger partial charge in [-0.05, 0) is 68.3 Å². The number of Topliss-reactive ketones (excluding diaryl/α,β-unsaturated/α-hetero) is 1. The highest BCUT2D eigenvalue weighted by atomic mass is 32.1. The molecule has 1 fully saturated rings. The number of aryl methyl sites for hydroxylation is 2. The number of aromatic hydroxyl groups is 1. The highest BCUT2D eigenvalue weighted by Gasteiger charge is 2.48. The Morgan fingerprint density at radius 2 is 1.77 bits per heavy atom. The fourth-order valence-corrected chi connectivity index (χ4v) is 5.25. The number of nitrogens with zero attached hydrogens (tertiary/aromatic N) is 3. The van der Waals surface area contributed by atoms with Gasteiger partial charge >= 0.3 is 5.91 Å². The number of aliphatic hydroxyl groups is 1. The molecule has 0 saturated carbocycles. The van der Waals surface area contributed by atoms with Crippen molar-refractivity contribution in [1.29, 1.82) is 0 Å². The first kappa shape index (κ1) is 26.9. The van der Waals surface area contributed by atoms with Crippen molar-refractivity contribution in [3.63, 3.8) is 0 Å².